The topological polar surface area (TPSA) is 82.3 Å². The Balaban J connectivity index is 2.91. The molecule has 0 aliphatic carbocycles. The van der Waals surface area contributed by atoms with Gasteiger partial charge in [-0.05, 0) is 18.2 Å². The van der Waals surface area contributed by atoms with E-state index in [1.165, 1.54) is 18.0 Å². The zero-order chi connectivity index (χ0) is 12.3. The number of benzene rings is 1. The quantitative estimate of drug-likeness (QED) is 0.370. The monoisotopic (exact) mass is 262 g/mol. The molecule has 0 bridgehead atoms. The minimum absolute atomic E-state index is 0.386. The Morgan fingerprint density at radius 1 is 1.44 bits per heavy atom. The SMILES string of the molecule is CN(C(=N)N[N+](=O)[O-])c1cc(Cl)cc(Cl)c1. The molecule has 0 radical (unpaired) electrons. The van der Waals surface area contributed by atoms with Crippen LogP contribution in [0.4, 0.5) is 5.69 Å². The van der Waals surface area contributed by atoms with Crippen LogP contribution in [0.3, 0.4) is 0 Å². The third kappa shape index (κ3) is 3.25. The van der Waals surface area contributed by atoms with E-state index in [0.717, 1.165) is 0 Å². The molecule has 0 amide bonds. The first-order valence-electron chi connectivity index (χ1n) is 4.09. The summed E-state index contributed by atoms with van der Waals surface area (Å²) in [6.45, 7) is 0. The van der Waals surface area contributed by atoms with E-state index in [1.807, 2.05) is 0 Å². The molecule has 0 saturated heterocycles. The predicted molar refractivity (Wildman–Crippen MR) is 62.7 cm³/mol. The third-order valence-electron chi connectivity index (χ3n) is 1.77. The number of nitro groups is 1. The lowest BCUT2D eigenvalue weighted by Crippen LogP contribution is -2.41. The van der Waals surface area contributed by atoms with Gasteiger partial charge in [0.25, 0.3) is 5.96 Å². The molecule has 0 aromatic heterocycles. The fourth-order valence-electron chi connectivity index (χ4n) is 1.02. The summed E-state index contributed by atoms with van der Waals surface area (Å²) in [7, 11) is 1.49. The van der Waals surface area contributed by atoms with Crippen molar-refractivity contribution < 1.29 is 5.03 Å². The smallest absolute Gasteiger partial charge is 0.258 e. The van der Waals surface area contributed by atoms with Crippen LogP contribution in [0.1, 0.15) is 0 Å². The molecule has 6 nitrogen and oxygen atoms in total. The van der Waals surface area contributed by atoms with E-state index < -0.39 is 5.03 Å². The van der Waals surface area contributed by atoms with Gasteiger partial charge in [0.2, 0.25) is 0 Å². The molecule has 16 heavy (non-hydrogen) atoms. The van der Waals surface area contributed by atoms with Crippen molar-refractivity contribution in [2.45, 2.75) is 0 Å². The lowest BCUT2D eigenvalue weighted by Gasteiger charge is -2.17. The summed E-state index contributed by atoms with van der Waals surface area (Å²) in [6.07, 6.45) is 0. The Hall–Kier alpha value is -1.53. The van der Waals surface area contributed by atoms with E-state index in [4.69, 9.17) is 28.6 Å². The fraction of sp³-hybridized carbons (Fsp3) is 0.125. The number of hydrogen-bond donors (Lipinski definition) is 2. The fourth-order valence-corrected chi connectivity index (χ4v) is 1.54. The Morgan fingerprint density at radius 3 is 2.38 bits per heavy atom. The molecular formula is C8H8Cl2N4O2. The second-order valence-electron chi connectivity index (χ2n) is 2.90. The minimum Gasteiger partial charge on any atom is -0.311 e. The number of guanidine groups is 1. The summed E-state index contributed by atoms with van der Waals surface area (Å²) in [5, 5.41) is 17.5. The first-order valence-corrected chi connectivity index (χ1v) is 4.85. The molecule has 0 aliphatic rings. The average Bonchev–Trinajstić information content (AvgIpc) is 2.13. The van der Waals surface area contributed by atoms with Crippen molar-refractivity contribution in [2.75, 3.05) is 11.9 Å². The molecule has 86 valence electrons. The van der Waals surface area contributed by atoms with Gasteiger partial charge in [-0.25, -0.2) is 10.1 Å². The van der Waals surface area contributed by atoms with Gasteiger partial charge < -0.3 is 4.90 Å². The molecule has 1 aromatic carbocycles. The summed E-state index contributed by atoms with van der Waals surface area (Å²) in [4.78, 5) is 11.4. The van der Waals surface area contributed by atoms with Gasteiger partial charge in [0, 0.05) is 22.8 Å². The van der Waals surface area contributed by atoms with Crippen LogP contribution < -0.4 is 10.3 Å². The molecule has 0 saturated carbocycles. The summed E-state index contributed by atoms with van der Waals surface area (Å²) < 4.78 is 0. The van der Waals surface area contributed by atoms with Crippen LogP contribution in [0, 0.1) is 15.5 Å². The van der Waals surface area contributed by atoms with Crippen LogP contribution >= 0.6 is 23.2 Å². The number of hydrogen-bond acceptors (Lipinski definition) is 3. The van der Waals surface area contributed by atoms with Crippen LogP contribution in [0.25, 0.3) is 0 Å². The van der Waals surface area contributed by atoms with Gasteiger partial charge in [0.1, 0.15) is 0 Å². The molecule has 1 rings (SSSR count). The number of nitrogens with one attached hydrogen (secondary N) is 2. The van der Waals surface area contributed by atoms with Crippen molar-refractivity contribution in [2.24, 2.45) is 0 Å². The van der Waals surface area contributed by atoms with Crippen molar-refractivity contribution in [3.8, 4) is 0 Å². The van der Waals surface area contributed by atoms with Gasteiger partial charge in [-0.3, -0.25) is 5.41 Å². The first kappa shape index (κ1) is 12.5. The van der Waals surface area contributed by atoms with Crippen LogP contribution in [0.2, 0.25) is 10.0 Å². The van der Waals surface area contributed by atoms with Gasteiger partial charge in [0.05, 0.1) is 0 Å². The highest BCUT2D eigenvalue weighted by atomic mass is 35.5. The molecule has 2 N–H and O–H groups in total. The van der Waals surface area contributed by atoms with E-state index in [-0.39, 0.29) is 5.96 Å². The minimum atomic E-state index is -0.814. The Morgan fingerprint density at radius 2 is 1.94 bits per heavy atom. The van der Waals surface area contributed by atoms with Crippen LogP contribution in [0.5, 0.6) is 0 Å². The van der Waals surface area contributed by atoms with Crippen molar-refractivity contribution >= 4 is 34.8 Å². The molecule has 1 aromatic rings. The van der Waals surface area contributed by atoms with Crippen molar-refractivity contribution in [3.63, 3.8) is 0 Å². The largest absolute Gasteiger partial charge is 0.311 e. The molecule has 0 unspecified atom stereocenters. The van der Waals surface area contributed by atoms with E-state index >= 15 is 0 Å². The van der Waals surface area contributed by atoms with Crippen LogP contribution in [-0.2, 0) is 0 Å². The van der Waals surface area contributed by atoms with Gasteiger partial charge in [-0.1, -0.05) is 28.6 Å². The molecule has 0 heterocycles. The second-order valence-corrected chi connectivity index (χ2v) is 3.78. The van der Waals surface area contributed by atoms with Crippen molar-refractivity contribution in [1.29, 1.82) is 5.41 Å². The maximum atomic E-state index is 10.2. The zero-order valence-electron chi connectivity index (χ0n) is 8.20. The molecule has 8 heteroatoms. The van der Waals surface area contributed by atoms with Crippen LogP contribution in [-0.4, -0.2) is 18.0 Å². The lowest BCUT2D eigenvalue weighted by atomic mass is 10.3. The number of hydrazine groups is 1. The highest BCUT2D eigenvalue weighted by Crippen LogP contribution is 2.24. The third-order valence-corrected chi connectivity index (χ3v) is 2.20. The second kappa shape index (κ2) is 5.00. The lowest BCUT2D eigenvalue weighted by molar-refractivity contribution is -0.525. The summed E-state index contributed by atoms with van der Waals surface area (Å²) >= 11 is 11.5. The standard InChI is InChI=1S/C8H8Cl2N4O2/c1-13(8(11)12-14(15)16)7-3-5(9)2-6(10)4-7/h2-4H,1H3,(H2,11,12). The molecular weight excluding hydrogens is 255 g/mol. The molecule has 0 aliphatic heterocycles. The average molecular weight is 263 g/mol. The first-order chi connectivity index (χ1) is 7.40. The van der Waals surface area contributed by atoms with E-state index in [9.17, 15) is 10.1 Å². The highest BCUT2D eigenvalue weighted by Gasteiger charge is 2.12. The van der Waals surface area contributed by atoms with Crippen molar-refractivity contribution in [1.82, 2.24) is 5.43 Å². The molecule has 0 atom stereocenters. The molecule has 0 spiro atoms. The number of anilines is 1. The predicted octanol–water partition coefficient (Wildman–Crippen LogP) is 2.15. The van der Waals surface area contributed by atoms with Crippen molar-refractivity contribution in [3.05, 3.63) is 38.4 Å². The Labute approximate surface area is 101 Å². The normalized spacial score (nSPS) is 9.69. The van der Waals surface area contributed by atoms with Gasteiger partial charge in [-0.15, -0.1) is 0 Å². The summed E-state index contributed by atoms with van der Waals surface area (Å²) in [5.74, 6) is -0.386. The Kier molecular flexibility index (Phi) is 3.92. The van der Waals surface area contributed by atoms with E-state index in [1.54, 1.807) is 17.6 Å². The van der Waals surface area contributed by atoms with Gasteiger partial charge >= 0.3 is 0 Å². The summed E-state index contributed by atoms with van der Waals surface area (Å²) in [6, 6.07) is 4.62. The maximum absolute atomic E-state index is 10.2. The zero-order valence-corrected chi connectivity index (χ0v) is 9.71. The van der Waals surface area contributed by atoms with Crippen LogP contribution in [0.15, 0.2) is 18.2 Å². The van der Waals surface area contributed by atoms with Gasteiger partial charge in [-0.2, -0.15) is 0 Å². The van der Waals surface area contributed by atoms with Gasteiger partial charge in [0.15, 0.2) is 5.03 Å². The molecule has 0 fully saturated rings. The van der Waals surface area contributed by atoms with E-state index in [2.05, 4.69) is 0 Å². The summed E-state index contributed by atoms with van der Waals surface area (Å²) in [5.41, 5.74) is 2.21. The number of rotatable bonds is 2. The Bertz CT molecular complexity index is 418. The maximum Gasteiger partial charge on any atom is 0.258 e. The number of nitrogens with zero attached hydrogens (tertiary/aromatic N) is 2. The highest BCUT2D eigenvalue weighted by molar-refractivity contribution is 6.35. The van der Waals surface area contributed by atoms with E-state index in [0.29, 0.717) is 15.7 Å². The number of halogens is 2.